The summed E-state index contributed by atoms with van der Waals surface area (Å²) in [4.78, 5) is 2.20. The van der Waals surface area contributed by atoms with Gasteiger partial charge in [-0.3, -0.25) is 0 Å². The Morgan fingerprint density at radius 2 is 2.18 bits per heavy atom. The summed E-state index contributed by atoms with van der Waals surface area (Å²) in [5.41, 5.74) is 18.2. The molecule has 2 unspecified atom stereocenters. The van der Waals surface area contributed by atoms with E-state index < -0.39 is 5.54 Å². The standard InChI is InChI=1S/C12H24N4O/c1-4-16(2)6-5-12(15)8-10(17-3)9(13)7-11(12)14/h7-8,11H,4-6,13-15H2,1-3H3. The average molecular weight is 240 g/mol. The van der Waals surface area contributed by atoms with Gasteiger partial charge in [-0.2, -0.15) is 0 Å². The Hall–Kier alpha value is -1.04. The number of hydrogen-bond acceptors (Lipinski definition) is 5. The molecule has 0 bridgehead atoms. The van der Waals surface area contributed by atoms with Crippen LogP contribution in [0.4, 0.5) is 0 Å². The number of nitrogens with zero attached hydrogens (tertiary/aromatic N) is 1. The molecule has 0 spiro atoms. The second-order valence-corrected chi connectivity index (χ2v) is 4.62. The first-order valence-electron chi connectivity index (χ1n) is 5.90. The van der Waals surface area contributed by atoms with Crippen molar-refractivity contribution in [1.82, 2.24) is 4.90 Å². The number of ether oxygens (including phenoxy) is 1. The maximum Gasteiger partial charge on any atom is 0.139 e. The van der Waals surface area contributed by atoms with Gasteiger partial charge in [-0.05, 0) is 38.7 Å². The third-order valence-corrected chi connectivity index (χ3v) is 3.35. The molecule has 98 valence electrons. The van der Waals surface area contributed by atoms with Gasteiger partial charge in [0, 0.05) is 6.04 Å². The molecule has 0 amide bonds. The van der Waals surface area contributed by atoms with Gasteiger partial charge < -0.3 is 26.8 Å². The molecule has 0 fully saturated rings. The predicted molar refractivity (Wildman–Crippen MR) is 70.0 cm³/mol. The van der Waals surface area contributed by atoms with Crippen LogP contribution in [0.5, 0.6) is 0 Å². The van der Waals surface area contributed by atoms with Gasteiger partial charge >= 0.3 is 0 Å². The van der Waals surface area contributed by atoms with Gasteiger partial charge in [0.1, 0.15) is 5.76 Å². The van der Waals surface area contributed by atoms with Crippen LogP contribution in [0.1, 0.15) is 13.3 Å². The Kier molecular flexibility index (Phi) is 4.56. The van der Waals surface area contributed by atoms with Crippen molar-refractivity contribution in [3.8, 4) is 0 Å². The van der Waals surface area contributed by atoms with Gasteiger partial charge in [-0.25, -0.2) is 0 Å². The summed E-state index contributed by atoms with van der Waals surface area (Å²) in [6.07, 6.45) is 4.39. The molecule has 0 radical (unpaired) electrons. The highest BCUT2D eigenvalue weighted by molar-refractivity contribution is 5.36. The minimum Gasteiger partial charge on any atom is -0.495 e. The van der Waals surface area contributed by atoms with Crippen LogP contribution < -0.4 is 17.2 Å². The van der Waals surface area contributed by atoms with Crippen molar-refractivity contribution in [2.45, 2.75) is 24.9 Å². The number of hydrogen-bond donors (Lipinski definition) is 3. The maximum absolute atomic E-state index is 6.33. The molecule has 0 saturated carbocycles. The lowest BCUT2D eigenvalue weighted by Crippen LogP contribution is -2.56. The molecule has 0 aromatic rings. The smallest absolute Gasteiger partial charge is 0.139 e. The van der Waals surface area contributed by atoms with Crippen LogP contribution in [0.2, 0.25) is 0 Å². The van der Waals surface area contributed by atoms with Crippen molar-refractivity contribution < 1.29 is 4.74 Å². The average Bonchev–Trinajstić information content (AvgIpc) is 2.31. The fraction of sp³-hybridized carbons (Fsp3) is 0.667. The van der Waals surface area contributed by atoms with Crippen LogP contribution >= 0.6 is 0 Å². The van der Waals surface area contributed by atoms with Crippen LogP contribution in [0.3, 0.4) is 0 Å². The number of methoxy groups -OCH3 is 1. The highest BCUT2D eigenvalue weighted by atomic mass is 16.5. The molecule has 1 rings (SSSR count). The second-order valence-electron chi connectivity index (χ2n) is 4.62. The second kappa shape index (κ2) is 5.53. The quantitative estimate of drug-likeness (QED) is 0.616. The SMILES string of the molecule is CCN(C)CCC1(N)C=C(OC)C(N)=CC1N. The largest absolute Gasteiger partial charge is 0.495 e. The van der Waals surface area contributed by atoms with E-state index >= 15 is 0 Å². The number of rotatable bonds is 5. The first kappa shape index (κ1) is 14.0. The molecule has 5 nitrogen and oxygen atoms in total. The van der Waals surface area contributed by atoms with E-state index in [-0.39, 0.29) is 6.04 Å². The van der Waals surface area contributed by atoms with E-state index in [4.69, 9.17) is 21.9 Å². The van der Waals surface area contributed by atoms with Gasteiger partial charge in [0.25, 0.3) is 0 Å². The summed E-state index contributed by atoms with van der Waals surface area (Å²) in [6.45, 7) is 3.99. The lowest BCUT2D eigenvalue weighted by molar-refractivity contribution is 0.268. The van der Waals surface area contributed by atoms with Crippen LogP contribution in [0, 0.1) is 0 Å². The highest BCUT2D eigenvalue weighted by Crippen LogP contribution is 2.24. The molecular formula is C12H24N4O. The van der Waals surface area contributed by atoms with E-state index in [1.54, 1.807) is 13.2 Å². The molecule has 17 heavy (non-hydrogen) atoms. The molecule has 6 N–H and O–H groups in total. The van der Waals surface area contributed by atoms with E-state index in [0.717, 1.165) is 19.5 Å². The van der Waals surface area contributed by atoms with Crippen molar-refractivity contribution in [2.24, 2.45) is 17.2 Å². The van der Waals surface area contributed by atoms with Crippen molar-refractivity contribution in [3.05, 3.63) is 23.6 Å². The summed E-state index contributed by atoms with van der Waals surface area (Å²) in [5, 5.41) is 0. The van der Waals surface area contributed by atoms with Crippen molar-refractivity contribution >= 4 is 0 Å². The molecule has 0 aromatic heterocycles. The Labute approximate surface area is 103 Å². The fourth-order valence-corrected chi connectivity index (χ4v) is 1.81. The van der Waals surface area contributed by atoms with Crippen molar-refractivity contribution in [2.75, 3.05) is 27.2 Å². The lowest BCUT2D eigenvalue weighted by atomic mass is 9.83. The summed E-state index contributed by atoms with van der Waals surface area (Å²) in [7, 11) is 3.64. The Morgan fingerprint density at radius 1 is 1.53 bits per heavy atom. The molecule has 5 heteroatoms. The van der Waals surface area contributed by atoms with E-state index in [0.29, 0.717) is 11.5 Å². The zero-order valence-electron chi connectivity index (χ0n) is 10.9. The van der Waals surface area contributed by atoms with Crippen LogP contribution in [-0.4, -0.2) is 43.7 Å². The van der Waals surface area contributed by atoms with Crippen molar-refractivity contribution in [3.63, 3.8) is 0 Å². The summed E-state index contributed by atoms with van der Waals surface area (Å²) in [6, 6.07) is -0.272. The van der Waals surface area contributed by atoms with Gasteiger partial charge in [0.05, 0.1) is 18.3 Å². The summed E-state index contributed by atoms with van der Waals surface area (Å²) in [5.74, 6) is 0.619. The van der Waals surface area contributed by atoms with E-state index in [9.17, 15) is 0 Å². The Bertz CT molecular complexity index is 326. The summed E-state index contributed by atoms with van der Waals surface area (Å²) >= 11 is 0. The molecule has 0 aliphatic heterocycles. The topological polar surface area (TPSA) is 90.5 Å². The molecule has 1 aliphatic carbocycles. The molecule has 0 saturated heterocycles. The Balaban J connectivity index is 2.77. The monoisotopic (exact) mass is 240 g/mol. The summed E-state index contributed by atoms with van der Waals surface area (Å²) < 4.78 is 5.20. The van der Waals surface area contributed by atoms with Crippen LogP contribution in [0.15, 0.2) is 23.6 Å². The van der Waals surface area contributed by atoms with E-state index in [2.05, 4.69) is 18.9 Å². The first-order chi connectivity index (χ1) is 7.92. The minimum atomic E-state index is -0.586. The lowest BCUT2D eigenvalue weighted by Gasteiger charge is -2.35. The molecule has 1 aliphatic rings. The van der Waals surface area contributed by atoms with Crippen LogP contribution in [0.25, 0.3) is 0 Å². The minimum absolute atomic E-state index is 0.272. The molecule has 2 atom stereocenters. The maximum atomic E-state index is 6.33. The third kappa shape index (κ3) is 3.21. The Morgan fingerprint density at radius 3 is 2.71 bits per heavy atom. The normalized spacial score (nSPS) is 28.9. The van der Waals surface area contributed by atoms with Gasteiger partial charge in [-0.15, -0.1) is 0 Å². The third-order valence-electron chi connectivity index (χ3n) is 3.35. The molecule has 0 aromatic carbocycles. The fourth-order valence-electron chi connectivity index (χ4n) is 1.81. The van der Waals surface area contributed by atoms with Crippen LogP contribution in [-0.2, 0) is 4.74 Å². The first-order valence-corrected chi connectivity index (χ1v) is 5.90. The zero-order chi connectivity index (χ0) is 13.1. The van der Waals surface area contributed by atoms with Gasteiger partial charge in [0.15, 0.2) is 0 Å². The van der Waals surface area contributed by atoms with Gasteiger partial charge in [0.2, 0.25) is 0 Å². The van der Waals surface area contributed by atoms with Gasteiger partial charge in [-0.1, -0.05) is 6.92 Å². The predicted octanol–water partition coefficient (Wildman–Crippen LogP) is -0.260. The zero-order valence-corrected chi connectivity index (χ0v) is 10.9. The number of nitrogens with two attached hydrogens (primary N) is 3. The highest BCUT2D eigenvalue weighted by Gasteiger charge is 2.33. The van der Waals surface area contributed by atoms with E-state index in [1.807, 2.05) is 6.08 Å². The molecule has 0 heterocycles. The van der Waals surface area contributed by atoms with Crippen molar-refractivity contribution in [1.29, 1.82) is 0 Å². The molecular weight excluding hydrogens is 216 g/mol. The van der Waals surface area contributed by atoms with E-state index in [1.165, 1.54) is 0 Å².